The van der Waals surface area contributed by atoms with Gasteiger partial charge in [0.2, 0.25) is 0 Å². The van der Waals surface area contributed by atoms with Gasteiger partial charge in [0.25, 0.3) is 5.56 Å². The lowest BCUT2D eigenvalue weighted by Gasteiger charge is -2.13. The molecular weight excluding hydrogens is 421 g/mol. The van der Waals surface area contributed by atoms with Crippen LogP contribution in [0.4, 0.5) is 4.39 Å². The minimum Gasteiger partial charge on any atom is -0.349 e. The van der Waals surface area contributed by atoms with Crippen molar-refractivity contribution in [2.24, 2.45) is 0 Å². The summed E-state index contributed by atoms with van der Waals surface area (Å²) in [6.45, 7) is 0. The van der Waals surface area contributed by atoms with Crippen LogP contribution in [0.1, 0.15) is 5.56 Å². The number of aromatic amines is 1. The molecular formula is C23H15ClFN3OS. The van der Waals surface area contributed by atoms with E-state index in [1.807, 2.05) is 48.5 Å². The van der Waals surface area contributed by atoms with E-state index in [0.29, 0.717) is 27.0 Å². The maximum atomic E-state index is 14.6. The second-order valence-electron chi connectivity index (χ2n) is 6.80. The summed E-state index contributed by atoms with van der Waals surface area (Å²) in [4.78, 5) is 21.3. The van der Waals surface area contributed by atoms with Gasteiger partial charge in [0, 0.05) is 21.7 Å². The number of aromatic nitrogens is 3. The number of halogens is 2. The van der Waals surface area contributed by atoms with Gasteiger partial charge >= 0.3 is 0 Å². The lowest BCUT2D eigenvalue weighted by atomic mass is 10.2. The first-order valence-corrected chi connectivity index (χ1v) is 10.6. The summed E-state index contributed by atoms with van der Waals surface area (Å²) in [5.41, 5.74) is 2.63. The summed E-state index contributed by atoms with van der Waals surface area (Å²) in [5.74, 6) is 0.0801. The Kier molecular flexibility index (Phi) is 4.81. The van der Waals surface area contributed by atoms with Gasteiger partial charge in [-0.05, 0) is 35.9 Å². The number of nitrogens with one attached hydrogen (secondary N) is 1. The molecule has 0 bridgehead atoms. The van der Waals surface area contributed by atoms with Crippen molar-refractivity contribution < 1.29 is 4.39 Å². The van der Waals surface area contributed by atoms with Gasteiger partial charge in [-0.3, -0.25) is 9.36 Å². The van der Waals surface area contributed by atoms with Gasteiger partial charge in [-0.1, -0.05) is 65.8 Å². The standard InChI is InChI=1S/C23H15ClFN3OS/c24-15-11-9-14(10-12-15)13-30-23-27-20-16-5-1-3-7-18(16)26-21(20)22(29)28(23)19-8-4-2-6-17(19)25/h1-12,26H,13H2. The maximum Gasteiger partial charge on any atom is 0.283 e. The average Bonchev–Trinajstić information content (AvgIpc) is 3.13. The van der Waals surface area contributed by atoms with Crippen molar-refractivity contribution in [1.82, 2.24) is 14.5 Å². The third-order valence-electron chi connectivity index (χ3n) is 4.87. The van der Waals surface area contributed by atoms with E-state index in [1.54, 1.807) is 18.2 Å². The second kappa shape index (κ2) is 7.63. The van der Waals surface area contributed by atoms with Gasteiger partial charge in [-0.15, -0.1) is 0 Å². The van der Waals surface area contributed by atoms with Crippen LogP contribution in [-0.2, 0) is 5.75 Å². The van der Waals surface area contributed by atoms with Crippen molar-refractivity contribution in [3.8, 4) is 5.69 Å². The van der Waals surface area contributed by atoms with Gasteiger partial charge < -0.3 is 4.98 Å². The van der Waals surface area contributed by atoms with Crippen LogP contribution in [-0.4, -0.2) is 14.5 Å². The van der Waals surface area contributed by atoms with E-state index in [2.05, 4.69) is 4.98 Å². The van der Waals surface area contributed by atoms with E-state index in [0.717, 1.165) is 16.5 Å². The summed E-state index contributed by atoms with van der Waals surface area (Å²) in [6.07, 6.45) is 0. The molecule has 7 heteroatoms. The van der Waals surface area contributed by atoms with Crippen molar-refractivity contribution in [2.75, 3.05) is 0 Å². The van der Waals surface area contributed by atoms with E-state index in [4.69, 9.17) is 16.6 Å². The molecule has 0 aliphatic heterocycles. The zero-order valence-corrected chi connectivity index (χ0v) is 17.2. The van der Waals surface area contributed by atoms with Crippen LogP contribution >= 0.6 is 23.4 Å². The van der Waals surface area contributed by atoms with Crippen LogP contribution in [0.5, 0.6) is 0 Å². The van der Waals surface area contributed by atoms with Gasteiger partial charge in [0.1, 0.15) is 16.9 Å². The molecule has 1 N–H and O–H groups in total. The van der Waals surface area contributed by atoms with Crippen molar-refractivity contribution >= 4 is 45.3 Å². The molecule has 0 fully saturated rings. The molecule has 0 spiro atoms. The highest BCUT2D eigenvalue weighted by molar-refractivity contribution is 7.98. The summed E-state index contributed by atoms with van der Waals surface area (Å²) in [7, 11) is 0. The van der Waals surface area contributed by atoms with Crippen molar-refractivity contribution in [2.45, 2.75) is 10.9 Å². The Hall–Kier alpha value is -3.09. The molecule has 30 heavy (non-hydrogen) atoms. The van der Waals surface area contributed by atoms with Crippen molar-refractivity contribution in [1.29, 1.82) is 0 Å². The summed E-state index contributed by atoms with van der Waals surface area (Å²) in [6, 6.07) is 21.3. The fraction of sp³-hybridized carbons (Fsp3) is 0.0435. The fourth-order valence-corrected chi connectivity index (χ4v) is 4.49. The second-order valence-corrected chi connectivity index (χ2v) is 8.17. The number of benzene rings is 3. The van der Waals surface area contributed by atoms with Gasteiger partial charge in [-0.25, -0.2) is 9.37 Å². The third kappa shape index (κ3) is 3.28. The molecule has 148 valence electrons. The molecule has 0 aliphatic carbocycles. The number of hydrogen-bond donors (Lipinski definition) is 1. The smallest absolute Gasteiger partial charge is 0.283 e. The highest BCUT2D eigenvalue weighted by Crippen LogP contribution is 2.29. The minimum atomic E-state index is -0.481. The summed E-state index contributed by atoms with van der Waals surface area (Å²) in [5, 5.41) is 1.95. The van der Waals surface area contributed by atoms with Crippen LogP contribution in [0.3, 0.4) is 0 Å². The molecule has 5 aromatic rings. The Morgan fingerprint density at radius 2 is 1.73 bits per heavy atom. The molecule has 0 aliphatic rings. The van der Waals surface area contributed by atoms with E-state index in [-0.39, 0.29) is 11.2 Å². The van der Waals surface area contributed by atoms with Gasteiger partial charge in [0.05, 0.1) is 5.69 Å². The van der Waals surface area contributed by atoms with Crippen LogP contribution in [0.25, 0.3) is 27.6 Å². The molecule has 3 aromatic carbocycles. The van der Waals surface area contributed by atoms with E-state index >= 15 is 0 Å². The first kappa shape index (κ1) is 18.9. The Bertz CT molecular complexity index is 1440. The molecule has 0 atom stereocenters. The lowest BCUT2D eigenvalue weighted by Crippen LogP contribution is -2.22. The number of fused-ring (bicyclic) bond motifs is 3. The Labute approximate surface area is 180 Å². The molecule has 2 aromatic heterocycles. The van der Waals surface area contributed by atoms with Crippen LogP contribution < -0.4 is 5.56 Å². The molecule has 0 unspecified atom stereocenters. The number of hydrogen-bond acceptors (Lipinski definition) is 3. The highest BCUT2D eigenvalue weighted by atomic mass is 35.5. The predicted molar refractivity (Wildman–Crippen MR) is 120 cm³/mol. The fourth-order valence-electron chi connectivity index (χ4n) is 3.41. The normalized spacial score (nSPS) is 11.4. The molecule has 0 saturated carbocycles. The number of para-hydroxylation sites is 2. The number of H-pyrrole nitrogens is 1. The summed E-state index contributed by atoms with van der Waals surface area (Å²) < 4.78 is 16.0. The average molecular weight is 436 g/mol. The zero-order chi connectivity index (χ0) is 20.7. The quantitative estimate of drug-likeness (QED) is 0.280. The number of thioether (sulfide) groups is 1. The van der Waals surface area contributed by atoms with Crippen LogP contribution in [0.15, 0.2) is 82.7 Å². The lowest BCUT2D eigenvalue weighted by molar-refractivity contribution is 0.608. The molecule has 4 nitrogen and oxygen atoms in total. The van der Waals surface area contributed by atoms with E-state index in [1.165, 1.54) is 22.4 Å². The van der Waals surface area contributed by atoms with Crippen LogP contribution in [0.2, 0.25) is 5.02 Å². The molecule has 0 saturated heterocycles. The van der Waals surface area contributed by atoms with E-state index < -0.39 is 5.82 Å². The first-order valence-electron chi connectivity index (χ1n) is 9.27. The Balaban J connectivity index is 1.72. The zero-order valence-electron chi connectivity index (χ0n) is 15.6. The monoisotopic (exact) mass is 435 g/mol. The number of nitrogens with zero attached hydrogens (tertiary/aromatic N) is 2. The van der Waals surface area contributed by atoms with Crippen molar-refractivity contribution in [3.05, 3.63) is 99.6 Å². The van der Waals surface area contributed by atoms with Crippen LogP contribution in [0, 0.1) is 5.82 Å². The topological polar surface area (TPSA) is 50.7 Å². The Morgan fingerprint density at radius 3 is 2.53 bits per heavy atom. The molecule has 2 heterocycles. The molecule has 5 rings (SSSR count). The highest BCUT2D eigenvalue weighted by Gasteiger charge is 2.19. The van der Waals surface area contributed by atoms with E-state index in [9.17, 15) is 9.18 Å². The van der Waals surface area contributed by atoms with Crippen molar-refractivity contribution in [3.63, 3.8) is 0 Å². The van der Waals surface area contributed by atoms with Gasteiger partial charge in [-0.2, -0.15) is 0 Å². The van der Waals surface area contributed by atoms with Gasteiger partial charge in [0.15, 0.2) is 5.16 Å². The summed E-state index contributed by atoms with van der Waals surface area (Å²) >= 11 is 7.35. The maximum absolute atomic E-state index is 14.6. The largest absolute Gasteiger partial charge is 0.349 e. The molecule has 0 amide bonds. The third-order valence-corrected chi connectivity index (χ3v) is 6.13. The SMILES string of the molecule is O=c1c2[nH]c3ccccc3c2nc(SCc2ccc(Cl)cc2)n1-c1ccccc1F. The number of rotatable bonds is 4. The minimum absolute atomic E-state index is 0.175. The first-order chi connectivity index (χ1) is 14.6. The molecule has 0 radical (unpaired) electrons. The predicted octanol–water partition coefficient (Wildman–Crippen LogP) is 5.95. The Morgan fingerprint density at radius 1 is 1.00 bits per heavy atom.